The molecule has 0 radical (unpaired) electrons. The lowest BCUT2D eigenvalue weighted by molar-refractivity contribution is 0.0472. The van der Waals surface area contributed by atoms with Crippen LogP contribution in [0.2, 0.25) is 0 Å². The van der Waals surface area contributed by atoms with Gasteiger partial charge in [0.2, 0.25) is 0 Å². The first-order valence-corrected chi connectivity index (χ1v) is 7.11. The highest BCUT2D eigenvalue weighted by molar-refractivity contribution is 5.98. The highest BCUT2D eigenvalue weighted by Gasteiger charge is 2.09. The lowest BCUT2D eigenvalue weighted by atomic mass is 10.0. The van der Waals surface area contributed by atoms with Crippen molar-refractivity contribution >= 4 is 22.7 Å². The average Bonchev–Trinajstić information content (AvgIpc) is 2.59. The van der Waals surface area contributed by atoms with Crippen LogP contribution in [-0.4, -0.2) is 17.0 Å². The molecule has 23 heavy (non-hydrogen) atoms. The number of benzene rings is 3. The maximum Gasteiger partial charge on any atom is 0.338 e. The minimum Gasteiger partial charge on any atom is -0.478 e. The highest BCUT2D eigenvalue weighted by Crippen LogP contribution is 2.19. The summed E-state index contributed by atoms with van der Waals surface area (Å²) >= 11 is 0. The molecule has 0 bridgehead atoms. The van der Waals surface area contributed by atoms with Gasteiger partial charge in [0.1, 0.15) is 6.61 Å². The fourth-order valence-electron chi connectivity index (χ4n) is 2.31. The number of fused-ring (bicyclic) bond motifs is 1. The monoisotopic (exact) mass is 306 g/mol. The molecule has 0 saturated heterocycles. The molecule has 4 heteroatoms. The van der Waals surface area contributed by atoms with Gasteiger partial charge in [-0.25, -0.2) is 9.59 Å². The number of hydrogen-bond donors (Lipinski definition) is 1. The van der Waals surface area contributed by atoms with Crippen LogP contribution in [0.15, 0.2) is 66.7 Å². The van der Waals surface area contributed by atoms with Crippen LogP contribution < -0.4 is 0 Å². The van der Waals surface area contributed by atoms with E-state index in [1.165, 1.54) is 6.07 Å². The molecule has 0 aliphatic heterocycles. The molecule has 3 rings (SSSR count). The Bertz CT molecular complexity index is 869. The highest BCUT2D eigenvalue weighted by atomic mass is 16.5. The number of ether oxygens (including phenoxy) is 1. The Morgan fingerprint density at radius 2 is 1.43 bits per heavy atom. The molecule has 0 atom stereocenters. The zero-order valence-corrected chi connectivity index (χ0v) is 12.2. The first kappa shape index (κ1) is 14.8. The molecule has 1 N–H and O–H groups in total. The van der Waals surface area contributed by atoms with Gasteiger partial charge in [0, 0.05) is 0 Å². The molecule has 0 fully saturated rings. The number of carboxylic acids is 1. The summed E-state index contributed by atoms with van der Waals surface area (Å²) in [5, 5.41) is 10.6. The fraction of sp³-hybridized carbons (Fsp3) is 0.0526. The lowest BCUT2D eigenvalue weighted by Crippen LogP contribution is -2.05. The third kappa shape index (κ3) is 3.37. The first-order valence-electron chi connectivity index (χ1n) is 7.11. The second-order valence-electron chi connectivity index (χ2n) is 5.14. The van der Waals surface area contributed by atoms with E-state index in [2.05, 4.69) is 0 Å². The summed E-state index contributed by atoms with van der Waals surface area (Å²) in [5.41, 5.74) is 1.58. The quantitative estimate of drug-likeness (QED) is 0.743. The van der Waals surface area contributed by atoms with E-state index in [1.807, 2.05) is 30.3 Å². The number of carbonyl (C=O) groups excluding carboxylic acids is 1. The van der Waals surface area contributed by atoms with Crippen LogP contribution in [-0.2, 0) is 11.3 Å². The zero-order chi connectivity index (χ0) is 16.2. The summed E-state index contributed by atoms with van der Waals surface area (Å²) in [6.45, 7) is 0.218. The Morgan fingerprint density at radius 1 is 0.826 bits per heavy atom. The van der Waals surface area contributed by atoms with Crippen molar-refractivity contribution in [1.82, 2.24) is 0 Å². The van der Waals surface area contributed by atoms with Gasteiger partial charge in [-0.05, 0) is 40.6 Å². The third-order valence-electron chi connectivity index (χ3n) is 3.54. The SMILES string of the molecule is O=C(O)c1ccc2cc(C(=O)OCc3ccccc3)ccc2c1. The van der Waals surface area contributed by atoms with Gasteiger partial charge in [-0.15, -0.1) is 0 Å². The van der Waals surface area contributed by atoms with Crippen molar-refractivity contribution in [1.29, 1.82) is 0 Å². The standard InChI is InChI=1S/C19H14O4/c20-18(21)16-8-6-15-11-17(9-7-14(15)10-16)19(22)23-12-13-4-2-1-3-5-13/h1-11H,12H2,(H,20,21). The Balaban J connectivity index is 1.78. The van der Waals surface area contributed by atoms with E-state index in [0.717, 1.165) is 16.3 Å². The van der Waals surface area contributed by atoms with Gasteiger partial charge >= 0.3 is 11.9 Å². The zero-order valence-electron chi connectivity index (χ0n) is 12.2. The predicted molar refractivity (Wildman–Crippen MR) is 86.5 cm³/mol. The molecule has 0 aliphatic rings. The van der Waals surface area contributed by atoms with E-state index in [9.17, 15) is 9.59 Å². The Morgan fingerprint density at radius 3 is 2.09 bits per heavy atom. The smallest absolute Gasteiger partial charge is 0.338 e. The van der Waals surface area contributed by atoms with Gasteiger partial charge in [-0.1, -0.05) is 42.5 Å². The van der Waals surface area contributed by atoms with E-state index in [-0.39, 0.29) is 12.2 Å². The molecular formula is C19H14O4. The van der Waals surface area contributed by atoms with Crippen LogP contribution in [0.3, 0.4) is 0 Å². The molecule has 3 aromatic carbocycles. The molecule has 0 amide bonds. The van der Waals surface area contributed by atoms with Crippen LogP contribution in [0.4, 0.5) is 0 Å². The van der Waals surface area contributed by atoms with Crippen LogP contribution in [0.5, 0.6) is 0 Å². The van der Waals surface area contributed by atoms with Crippen molar-refractivity contribution in [3.63, 3.8) is 0 Å². The van der Waals surface area contributed by atoms with E-state index < -0.39 is 11.9 Å². The second kappa shape index (κ2) is 6.32. The molecule has 0 unspecified atom stereocenters. The maximum absolute atomic E-state index is 12.1. The minimum absolute atomic E-state index is 0.218. The van der Waals surface area contributed by atoms with E-state index in [1.54, 1.807) is 30.3 Å². The summed E-state index contributed by atoms with van der Waals surface area (Å²) < 4.78 is 5.29. The second-order valence-corrected chi connectivity index (χ2v) is 5.14. The number of carbonyl (C=O) groups is 2. The molecule has 0 aliphatic carbocycles. The third-order valence-corrected chi connectivity index (χ3v) is 3.54. The summed E-state index contributed by atoms with van der Waals surface area (Å²) in [6.07, 6.45) is 0. The molecule has 114 valence electrons. The molecule has 0 heterocycles. The van der Waals surface area contributed by atoms with E-state index in [4.69, 9.17) is 9.84 Å². The van der Waals surface area contributed by atoms with Gasteiger partial charge in [0.05, 0.1) is 11.1 Å². The van der Waals surface area contributed by atoms with Gasteiger partial charge in [0.25, 0.3) is 0 Å². The van der Waals surface area contributed by atoms with Crippen molar-refractivity contribution in [3.8, 4) is 0 Å². The Hall–Kier alpha value is -3.14. The minimum atomic E-state index is -0.974. The number of hydrogen-bond acceptors (Lipinski definition) is 3. The fourth-order valence-corrected chi connectivity index (χ4v) is 2.31. The number of rotatable bonds is 4. The topological polar surface area (TPSA) is 63.6 Å². The number of aromatic carboxylic acids is 1. The average molecular weight is 306 g/mol. The van der Waals surface area contributed by atoms with Crippen molar-refractivity contribution in [3.05, 3.63) is 83.4 Å². The van der Waals surface area contributed by atoms with Crippen LogP contribution in [0.25, 0.3) is 10.8 Å². The van der Waals surface area contributed by atoms with Gasteiger partial charge in [0.15, 0.2) is 0 Å². The molecule has 4 nitrogen and oxygen atoms in total. The normalized spacial score (nSPS) is 10.4. The Labute approximate surface area is 132 Å². The predicted octanol–water partition coefficient (Wildman–Crippen LogP) is 3.90. The summed E-state index contributed by atoms with van der Waals surface area (Å²) in [6, 6.07) is 19.3. The van der Waals surface area contributed by atoms with Crippen molar-refractivity contribution < 1.29 is 19.4 Å². The van der Waals surface area contributed by atoms with Gasteiger partial charge < -0.3 is 9.84 Å². The van der Waals surface area contributed by atoms with Gasteiger partial charge in [-0.2, -0.15) is 0 Å². The van der Waals surface area contributed by atoms with Crippen molar-refractivity contribution in [2.75, 3.05) is 0 Å². The van der Waals surface area contributed by atoms with Crippen molar-refractivity contribution in [2.45, 2.75) is 6.61 Å². The summed E-state index contributed by atoms with van der Waals surface area (Å²) in [7, 11) is 0. The molecule has 0 aromatic heterocycles. The number of esters is 1. The number of carboxylic acid groups (broad SMARTS) is 1. The van der Waals surface area contributed by atoms with E-state index >= 15 is 0 Å². The summed E-state index contributed by atoms with van der Waals surface area (Å²) in [4.78, 5) is 23.1. The lowest BCUT2D eigenvalue weighted by Gasteiger charge is -2.06. The van der Waals surface area contributed by atoms with Crippen LogP contribution >= 0.6 is 0 Å². The largest absolute Gasteiger partial charge is 0.478 e. The van der Waals surface area contributed by atoms with Gasteiger partial charge in [-0.3, -0.25) is 0 Å². The first-order chi connectivity index (χ1) is 11.1. The van der Waals surface area contributed by atoms with Crippen molar-refractivity contribution in [2.24, 2.45) is 0 Å². The van der Waals surface area contributed by atoms with Crippen LogP contribution in [0, 0.1) is 0 Å². The summed E-state index contributed by atoms with van der Waals surface area (Å²) in [5.74, 6) is -1.38. The molecule has 0 saturated carbocycles. The molecule has 3 aromatic rings. The molecular weight excluding hydrogens is 292 g/mol. The van der Waals surface area contributed by atoms with Crippen LogP contribution in [0.1, 0.15) is 26.3 Å². The Kier molecular flexibility index (Phi) is 4.06. The maximum atomic E-state index is 12.1. The molecule has 0 spiro atoms. The van der Waals surface area contributed by atoms with E-state index in [0.29, 0.717) is 5.56 Å².